The molecule has 134 valence electrons. The van der Waals surface area contributed by atoms with Crippen LogP contribution in [0.5, 0.6) is 0 Å². The molecule has 25 heavy (non-hydrogen) atoms. The average molecular weight is 367 g/mol. The minimum Gasteiger partial charge on any atom is -0.0693 e. The van der Waals surface area contributed by atoms with Crippen LogP contribution in [0.2, 0.25) is 44.8 Å². The monoisotopic (exact) mass is 366 g/mol. The third kappa shape index (κ3) is 2.95. The van der Waals surface area contributed by atoms with Gasteiger partial charge in [0, 0.05) is 8.07 Å². The second-order valence-electron chi connectivity index (χ2n) is 10.8. The molecule has 0 amide bonds. The average Bonchev–Trinajstić information content (AvgIpc) is 3.13. The number of fused-ring (bicyclic) bond motifs is 3. The molecule has 2 bridgehead atoms. The SMILES string of the molecule is C[Si](C)(C)c1cc2ccccc2cc1[C@@H]1[C@H]2CC[C@H](C2)[C@@H]1[Si](C)(C)C. The summed E-state index contributed by atoms with van der Waals surface area (Å²) in [5.74, 6) is 2.82. The highest BCUT2D eigenvalue weighted by Crippen LogP contribution is 2.62. The number of rotatable bonds is 3. The van der Waals surface area contributed by atoms with Crippen LogP contribution in [0.25, 0.3) is 10.8 Å². The fourth-order valence-corrected chi connectivity index (χ4v) is 11.1. The zero-order valence-corrected chi connectivity index (χ0v) is 18.9. The molecule has 0 spiro atoms. The van der Waals surface area contributed by atoms with E-state index in [9.17, 15) is 0 Å². The van der Waals surface area contributed by atoms with Gasteiger partial charge in [-0.3, -0.25) is 0 Å². The Morgan fingerprint density at radius 3 is 2.00 bits per heavy atom. The Kier molecular flexibility index (Phi) is 4.08. The van der Waals surface area contributed by atoms with Crippen LogP contribution in [-0.4, -0.2) is 16.1 Å². The summed E-state index contributed by atoms with van der Waals surface area (Å²) in [5, 5.41) is 4.64. The van der Waals surface area contributed by atoms with E-state index in [1.54, 1.807) is 10.8 Å². The smallest absolute Gasteiger partial charge is 0.0693 e. The van der Waals surface area contributed by atoms with Crippen molar-refractivity contribution in [2.24, 2.45) is 11.8 Å². The van der Waals surface area contributed by atoms with Crippen LogP contribution in [0.15, 0.2) is 36.4 Å². The fourth-order valence-electron chi connectivity index (χ4n) is 6.17. The fraction of sp³-hybridized carbons (Fsp3) is 0.565. The molecule has 2 aromatic rings. The highest BCUT2D eigenvalue weighted by molar-refractivity contribution is 6.89. The second-order valence-corrected chi connectivity index (χ2v) is 21.2. The minimum absolute atomic E-state index is 0.844. The van der Waals surface area contributed by atoms with Gasteiger partial charge < -0.3 is 0 Å². The normalized spacial score (nSPS) is 29.5. The summed E-state index contributed by atoms with van der Waals surface area (Å²) < 4.78 is 0. The van der Waals surface area contributed by atoms with Gasteiger partial charge in [-0.05, 0) is 52.5 Å². The first-order valence-electron chi connectivity index (χ1n) is 10.2. The van der Waals surface area contributed by atoms with Gasteiger partial charge in [-0.1, -0.05) is 87.3 Å². The lowest BCUT2D eigenvalue weighted by molar-refractivity contribution is 0.412. The van der Waals surface area contributed by atoms with E-state index in [0.717, 1.165) is 23.3 Å². The largest absolute Gasteiger partial charge is 0.0779 e. The van der Waals surface area contributed by atoms with E-state index < -0.39 is 16.1 Å². The van der Waals surface area contributed by atoms with Crippen LogP contribution < -0.4 is 5.19 Å². The molecular formula is C23H34Si2. The number of hydrogen-bond donors (Lipinski definition) is 0. The molecule has 0 radical (unpaired) electrons. The Morgan fingerprint density at radius 1 is 0.800 bits per heavy atom. The van der Waals surface area contributed by atoms with Gasteiger partial charge in [0.05, 0.1) is 8.07 Å². The molecule has 2 heteroatoms. The molecule has 2 aliphatic rings. The van der Waals surface area contributed by atoms with Gasteiger partial charge in [-0.15, -0.1) is 0 Å². The van der Waals surface area contributed by atoms with Crippen molar-refractivity contribution in [1.29, 1.82) is 0 Å². The maximum atomic E-state index is 2.63. The first-order valence-corrected chi connectivity index (χ1v) is 17.3. The summed E-state index contributed by atoms with van der Waals surface area (Å²) >= 11 is 0. The van der Waals surface area contributed by atoms with Crippen LogP contribution in [0.4, 0.5) is 0 Å². The lowest BCUT2D eigenvalue weighted by atomic mass is 9.82. The zero-order chi connectivity index (χ0) is 18.0. The van der Waals surface area contributed by atoms with Crippen LogP contribution in [-0.2, 0) is 0 Å². The molecule has 2 fully saturated rings. The van der Waals surface area contributed by atoms with Gasteiger partial charge in [0.2, 0.25) is 0 Å². The van der Waals surface area contributed by atoms with Crippen molar-refractivity contribution in [2.45, 2.75) is 70.0 Å². The van der Waals surface area contributed by atoms with E-state index in [0.29, 0.717) is 0 Å². The van der Waals surface area contributed by atoms with Gasteiger partial charge in [0.25, 0.3) is 0 Å². The Labute approximate surface area is 156 Å². The molecule has 0 heterocycles. The second kappa shape index (κ2) is 5.82. The van der Waals surface area contributed by atoms with Crippen molar-refractivity contribution in [3.8, 4) is 0 Å². The van der Waals surface area contributed by atoms with E-state index in [1.165, 1.54) is 30.0 Å². The molecule has 2 aliphatic carbocycles. The van der Waals surface area contributed by atoms with Crippen molar-refractivity contribution < 1.29 is 0 Å². The summed E-state index contributed by atoms with van der Waals surface area (Å²) in [7, 11) is -2.52. The molecule has 0 unspecified atom stereocenters. The number of hydrogen-bond acceptors (Lipinski definition) is 0. The molecule has 0 nitrogen and oxygen atoms in total. The summed E-state index contributed by atoms with van der Waals surface area (Å²) in [4.78, 5) is 0. The van der Waals surface area contributed by atoms with Crippen molar-refractivity contribution in [1.82, 2.24) is 0 Å². The first kappa shape index (κ1) is 17.5. The van der Waals surface area contributed by atoms with E-state index >= 15 is 0 Å². The van der Waals surface area contributed by atoms with Crippen molar-refractivity contribution in [3.63, 3.8) is 0 Å². The molecule has 2 aromatic carbocycles. The van der Waals surface area contributed by atoms with Gasteiger partial charge in [0.15, 0.2) is 0 Å². The molecule has 4 atom stereocenters. The van der Waals surface area contributed by atoms with Gasteiger partial charge in [0.1, 0.15) is 0 Å². The molecule has 0 aliphatic heterocycles. The molecule has 0 N–H and O–H groups in total. The maximum Gasteiger partial charge on any atom is 0.0779 e. The zero-order valence-electron chi connectivity index (χ0n) is 16.9. The first-order chi connectivity index (χ1) is 11.7. The summed E-state index contributed by atoms with van der Waals surface area (Å²) in [6.45, 7) is 15.5. The van der Waals surface area contributed by atoms with E-state index in [-0.39, 0.29) is 0 Å². The predicted molar refractivity (Wildman–Crippen MR) is 118 cm³/mol. The van der Waals surface area contributed by atoms with Crippen LogP contribution in [0.3, 0.4) is 0 Å². The minimum atomic E-state index is -1.36. The van der Waals surface area contributed by atoms with Crippen molar-refractivity contribution in [3.05, 3.63) is 42.0 Å². The molecule has 4 rings (SSSR count). The van der Waals surface area contributed by atoms with Gasteiger partial charge in [-0.2, -0.15) is 0 Å². The summed E-state index contributed by atoms with van der Waals surface area (Å²) in [6, 6.07) is 14.2. The van der Waals surface area contributed by atoms with Crippen LogP contribution >= 0.6 is 0 Å². The topological polar surface area (TPSA) is 0 Å². The lowest BCUT2D eigenvalue weighted by Gasteiger charge is -2.41. The van der Waals surface area contributed by atoms with Crippen LogP contribution in [0.1, 0.15) is 30.7 Å². The Hall–Kier alpha value is -0.866. The summed E-state index contributed by atoms with van der Waals surface area (Å²) in [5.41, 5.74) is 2.75. The van der Waals surface area contributed by atoms with E-state index in [4.69, 9.17) is 0 Å². The predicted octanol–water partition coefficient (Wildman–Crippen LogP) is 6.61. The maximum absolute atomic E-state index is 2.63. The lowest BCUT2D eigenvalue weighted by Crippen LogP contribution is -2.44. The van der Waals surface area contributed by atoms with Gasteiger partial charge >= 0.3 is 0 Å². The third-order valence-corrected chi connectivity index (χ3v) is 11.9. The van der Waals surface area contributed by atoms with Crippen LogP contribution in [0, 0.1) is 11.8 Å². The standard InChI is InChI=1S/C23H34Si2/c1-24(2,3)21-15-17-10-8-7-9-16(17)14-20(21)22-18-11-12-19(13-18)23(22)25(4,5)6/h7-10,14-15,18-19,22-23H,11-13H2,1-6H3/t18-,19+,22-,23-/m0/s1. The number of benzene rings is 2. The van der Waals surface area contributed by atoms with Crippen molar-refractivity contribution >= 4 is 32.1 Å². The van der Waals surface area contributed by atoms with E-state index in [2.05, 4.69) is 75.7 Å². The Morgan fingerprint density at radius 2 is 1.40 bits per heavy atom. The molecule has 2 saturated carbocycles. The quantitative estimate of drug-likeness (QED) is 0.536. The molecule has 0 saturated heterocycles. The van der Waals surface area contributed by atoms with Gasteiger partial charge in [-0.25, -0.2) is 0 Å². The third-order valence-electron chi connectivity index (χ3n) is 7.00. The Bertz CT molecular complexity index is 794. The highest BCUT2D eigenvalue weighted by Gasteiger charge is 2.53. The summed E-state index contributed by atoms with van der Waals surface area (Å²) in [6.07, 6.45) is 4.50. The van der Waals surface area contributed by atoms with E-state index in [1.807, 2.05) is 0 Å². The molecular weight excluding hydrogens is 332 g/mol. The Balaban J connectivity index is 1.93. The van der Waals surface area contributed by atoms with Crippen molar-refractivity contribution in [2.75, 3.05) is 0 Å². The molecule has 0 aromatic heterocycles. The highest BCUT2D eigenvalue weighted by atomic mass is 28.3.